The van der Waals surface area contributed by atoms with Crippen LogP contribution in [0.1, 0.15) is 29.8 Å². The van der Waals surface area contributed by atoms with Gasteiger partial charge >= 0.3 is 18.2 Å². The second-order valence-corrected chi connectivity index (χ2v) is 5.22. The Balaban J connectivity index is 3.00. The summed E-state index contributed by atoms with van der Waals surface area (Å²) in [7, 11) is 0. The number of nitrogen functional groups attached to an aromatic ring is 1. The highest BCUT2D eigenvalue weighted by Crippen LogP contribution is 2.31. The maximum atomic E-state index is 12.6. The Morgan fingerprint density at radius 2 is 1.79 bits per heavy atom. The first-order chi connectivity index (χ1) is 10.9. The van der Waals surface area contributed by atoms with Crippen LogP contribution < -0.4 is 16.8 Å². The van der Waals surface area contributed by atoms with Crippen LogP contribution in [0.15, 0.2) is 18.2 Å². The van der Waals surface area contributed by atoms with E-state index >= 15 is 0 Å². The van der Waals surface area contributed by atoms with Crippen LogP contribution in [0.2, 0.25) is 0 Å². The number of nitrogens with one attached hydrogen (secondary N) is 1. The first-order valence-electron chi connectivity index (χ1n) is 6.71. The van der Waals surface area contributed by atoms with Crippen molar-refractivity contribution in [2.45, 2.75) is 26.1 Å². The first-order valence-corrected chi connectivity index (χ1v) is 6.71. The van der Waals surface area contributed by atoms with Crippen LogP contribution in [0.4, 0.5) is 23.7 Å². The normalized spacial score (nSPS) is 12.6. The standard InChI is InChI=1S/C14H16F3N3O4/c1-6(2)10(11(21)20-13(19)23)24-12(22)8-4-3-7(5-9(8)18)14(15,16)17/h3-6,10H,18H2,1-2H3,(H3,19,20,21,23)/t10-/m1/s1. The molecule has 10 heteroatoms. The summed E-state index contributed by atoms with van der Waals surface area (Å²) in [6.07, 6.45) is -5.98. The summed E-state index contributed by atoms with van der Waals surface area (Å²) < 4.78 is 42.7. The Bertz CT molecular complexity index is 659. The molecule has 0 spiro atoms. The number of benzene rings is 1. The van der Waals surface area contributed by atoms with Crippen molar-refractivity contribution in [3.63, 3.8) is 0 Å². The number of carbonyl (C=O) groups is 3. The Morgan fingerprint density at radius 1 is 1.21 bits per heavy atom. The zero-order valence-electron chi connectivity index (χ0n) is 12.8. The van der Waals surface area contributed by atoms with Gasteiger partial charge in [-0.15, -0.1) is 0 Å². The number of rotatable bonds is 4. The largest absolute Gasteiger partial charge is 0.448 e. The smallest absolute Gasteiger partial charge is 0.416 e. The maximum Gasteiger partial charge on any atom is 0.416 e. The molecule has 24 heavy (non-hydrogen) atoms. The summed E-state index contributed by atoms with van der Waals surface area (Å²) in [6, 6.07) is 0.977. The molecule has 5 N–H and O–H groups in total. The molecule has 0 fully saturated rings. The quantitative estimate of drug-likeness (QED) is 0.564. The number of anilines is 1. The lowest BCUT2D eigenvalue weighted by atomic mass is 10.1. The molecule has 0 aliphatic rings. The van der Waals surface area contributed by atoms with E-state index in [4.69, 9.17) is 16.2 Å². The summed E-state index contributed by atoms with van der Waals surface area (Å²) in [5.74, 6) is -2.57. The van der Waals surface area contributed by atoms with Crippen molar-refractivity contribution in [3.8, 4) is 0 Å². The van der Waals surface area contributed by atoms with E-state index in [2.05, 4.69) is 0 Å². The Hall–Kier alpha value is -2.78. The molecule has 0 aliphatic heterocycles. The molecule has 0 bridgehead atoms. The highest BCUT2D eigenvalue weighted by atomic mass is 19.4. The van der Waals surface area contributed by atoms with E-state index in [1.165, 1.54) is 13.8 Å². The highest BCUT2D eigenvalue weighted by Gasteiger charge is 2.32. The fourth-order valence-corrected chi connectivity index (χ4v) is 1.79. The van der Waals surface area contributed by atoms with E-state index in [1.54, 1.807) is 5.32 Å². The molecule has 1 aromatic carbocycles. The maximum absolute atomic E-state index is 12.6. The van der Waals surface area contributed by atoms with E-state index in [0.29, 0.717) is 12.1 Å². The lowest BCUT2D eigenvalue weighted by Gasteiger charge is -2.20. The van der Waals surface area contributed by atoms with E-state index in [9.17, 15) is 27.6 Å². The van der Waals surface area contributed by atoms with Crippen molar-refractivity contribution in [2.24, 2.45) is 11.7 Å². The van der Waals surface area contributed by atoms with Crippen LogP contribution in [-0.4, -0.2) is 24.0 Å². The van der Waals surface area contributed by atoms with Crippen LogP contribution in [-0.2, 0) is 15.7 Å². The van der Waals surface area contributed by atoms with E-state index in [1.807, 2.05) is 0 Å². The predicted octanol–water partition coefficient (Wildman–Crippen LogP) is 1.66. The van der Waals surface area contributed by atoms with Gasteiger partial charge in [0.25, 0.3) is 5.91 Å². The number of ether oxygens (including phenoxy) is 1. The molecular weight excluding hydrogens is 331 g/mol. The minimum atomic E-state index is -4.61. The van der Waals surface area contributed by atoms with Gasteiger partial charge in [-0.3, -0.25) is 10.1 Å². The minimum Gasteiger partial charge on any atom is -0.448 e. The highest BCUT2D eigenvalue weighted by molar-refractivity contribution is 6.00. The van der Waals surface area contributed by atoms with Gasteiger partial charge in [0.1, 0.15) is 0 Å². The Kier molecular flexibility index (Phi) is 5.78. The summed E-state index contributed by atoms with van der Waals surface area (Å²) in [4.78, 5) is 34.5. The number of nitrogens with two attached hydrogens (primary N) is 2. The van der Waals surface area contributed by atoms with Crippen LogP contribution in [0.3, 0.4) is 0 Å². The van der Waals surface area contributed by atoms with Gasteiger partial charge in [-0.1, -0.05) is 13.8 Å². The molecule has 1 rings (SSSR count). The Labute approximate surface area is 135 Å². The zero-order chi connectivity index (χ0) is 18.7. The molecule has 0 aliphatic carbocycles. The van der Waals surface area contributed by atoms with Crippen LogP contribution >= 0.6 is 0 Å². The van der Waals surface area contributed by atoms with Gasteiger partial charge < -0.3 is 16.2 Å². The van der Waals surface area contributed by atoms with Crippen molar-refractivity contribution in [2.75, 3.05) is 5.73 Å². The molecule has 0 radical (unpaired) electrons. The lowest BCUT2D eigenvalue weighted by Crippen LogP contribution is -2.45. The topological polar surface area (TPSA) is 125 Å². The third kappa shape index (κ3) is 4.86. The first kappa shape index (κ1) is 19.3. The predicted molar refractivity (Wildman–Crippen MR) is 77.6 cm³/mol. The number of hydrogen-bond acceptors (Lipinski definition) is 5. The summed E-state index contributed by atoms with van der Waals surface area (Å²) in [5.41, 5.74) is 8.46. The van der Waals surface area contributed by atoms with E-state index < -0.39 is 47.4 Å². The van der Waals surface area contributed by atoms with E-state index in [0.717, 1.165) is 6.07 Å². The number of alkyl halides is 3. The van der Waals surface area contributed by atoms with Gasteiger partial charge in [0, 0.05) is 5.69 Å². The number of esters is 1. The van der Waals surface area contributed by atoms with Gasteiger partial charge in [-0.25, -0.2) is 9.59 Å². The van der Waals surface area contributed by atoms with Crippen molar-refractivity contribution < 1.29 is 32.3 Å². The van der Waals surface area contributed by atoms with Gasteiger partial charge in [0.05, 0.1) is 11.1 Å². The molecule has 0 heterocycles. The van der Waals surface area contributed by atoms with Crippen LogP contribution in [0.25, 0.3) is 0 Å². The molecule has 3 amide bonds. The van der Waals surface area contributed by atoms with Crippen LogP contribution in [0.5, 0.6) is 0 Å². The molecule has 0 saturated carbocycles. The molecule has 0 aromatic heterocycles. The van der Waals surface area contributed by atoms with Gasteiger partial charge in [-0.05, 0) is 24.1 Å². The van der Waals surface area contributed by atoms with Crippen molar-refractivity contribution in [1.29, 1.82) is 0 Å². The zero-order valence-corrected chi connectivity index (χ0v) is 12.8. The Morgan fingerprint density at radius 3 is 2.21 bits per heavy atom. The fraction of sp³-hybridized carbons (Fsp3) is 0.357. The summed E-state index contributed by atoms with van der Waals surface area (Å²) in [5, 5.41) is 1.77. The second kappa shape index (κ2) is 7.20. The number of hydrogen-bond donors (Lipinski definition) is 3. The average molecular weight is 347 g/mol. The lowest BCUT2D eigenvalue weighted by molar-refractivity contribution is -0.137. The third-order valence-corrected chi connectivity index (χ3v) is 2.94. The fourth-order valence-electron chi connectivity index (χ4n) is 1.79. The molecule has 0 saturated heterocycles. The molecule has 7 nitrogen and oxygen atoms in total. The van der Waals surface area contributed by atoms with E-state index in [-0.39, 0.29) is 5.56 Å². The van der Waals surface area contributed by atoms with Crippen LogP contribution in [0, 0.1) is 5.92 Å². The van der Waals surface area contributed by atoms with Crippen molar-refractivity contribution >= 4 is 23.6 Å². The van der Waals surface area contributed by atoms with Crippen molar-refractivity contribution in [1.82, 2.24) is 5.32 Å². The van der Waals surface area contributed by atoms with Gasteiger partial charge in [0.2, 0.25) is 0 Å². The number of carbonyl (C=O) groups excluding carboxylic acids is 3. The van der Waals surface area contributed by atoms with Gasteiger partial charge in [0.15, 0.2) is 6.10 Å². The summed E-state index contributed by atoms with van der Waals surface area (Å²) in [6.45, 7) is 3.07. The third-order valence-electron chi connectivity index (χ3n) is 2.94. The molecule has 1 aromatic rings. The number of primary amides is 1. The molecule has 132 valence electrons. The molecular formula is C14H16F3N3O4. The monoisotopic (exact) mass is 347 g/mol. The number of urea groups is 1. The minimum absolute atomic E-state index is 0.333. The SMILES string of the molecule is CC(C)[C@@H](OC(=O)c1ccc(C(F)(F)F)cc1N)C(=O)NC(N)=O. The second-order valence-electron chi connectivity index (χ2n) is 5.22. The number of amides is 3. The van der Waals surface area contributed by atoms with Gasteiger partial charge in [-0.2, -0.15) is 13.2 Å². The number of imide groups is 1. The van der Waals surface area contributed by atoms with Crippen molar-refractivity contribution in [3.05, 3.63) is 29.3 Å². The average Bonchev–Trinajstić information content (AvgIpc) is 2.42. The molecule has 0 unspecified atom stereocenters. The number of halogens is 3. The molecule has 1 atom stereocenters. The summed E-state index contributed by atoms with van der Waals surface area (Å²) >= 11 is 0.